The van der Waals surface area contributed by atoms with Crippen LogP contribution in [0, 0.1) is 6.92 Å². The van der Waals surface area contributed by atoms with Gasteiger partial charge < -0.3 is 4.52 Å². The number of sulfonamides is 1. The first-order valence-corrected chi connectivity index (χ1v) is 12.0. The lowest BCUT2D eigenvalue weighted by Crippen LogP contribution is -2.30. The molecule has 0 amide bonds. The summed E-state index contributed by atoms with van der Waals surface area (Å²) in [6.07, 6.45) is 2.10. The highest BCUT2D eigenvalue weighted by molar-refractivity contribution is 7.94. The first-order valence-electron chi connectivity index (χ1n) is 8.82. The van der Waals surface area contributed by atoms with Gasteiger partial charge in [0, 0.05) is 12.7 Å². The maximum absolute atomic E-state index is 13.6. The van der Waals surface area contributed by atoms with Gasteiger partial charge in [0.05, 0.1) is 11.5 Å². The van der Waals surface area contributed by atoms with E-state index in [0.29, 0.717) is 6.42 Å². The van der Waals surface area contributed by atoms with Crippen molar-refractivity contribution in [3.05, 3.63) is 78.4 Å². The van der Waals surface area contributed by atoms with Crippen molar-refractivity contribution < 1.29 is 17.5 Å². The number of hydrogen-bond acceptors (Lipinski definition) is 4. The van der Waals surface area contributed by atoms with Crippen molar-refractivity contribution in [3.63, 3.8) is 0 Å². The Bertz CT molecular complexity index is 895. The van der Waals surface area contributed by atoms with E-state index in [1.54, 1.807) is 37.3 Å². The van der Waals surface area contributed by atoms with E-state index in [0.717, 1.165) is 15.2 Å². The Kier molecular flexibility index (Phi) is 7.57. The molecule has 0 aliphatic carbocycles. The van der Waals surface area contributed by atoms with Gasteiger partial charge in [0.1, 0.15) is 0 Å². The van der Waals surface area contributed by atoms with E-state index in [-0.39, 0.29) is 24.2 Å². The van der Waals surface area contributed by atoms with Crippen LogP contribution in [0.2, 0.25) is 0 Å². The lowest BCUT2D eigenvalue weighted by atomic mass is 10.2. The van der Waals surface area contributed by atoms with Crippen molar-refractivity contribution in [1.82, 2.24) is 4.08 Å². The van der Waals surface area contributed by atoms with Crippen LogP contribution in [0.5, 0.6) is 0 Å². The van der Waals surface area contributed by atoms with Crippen molar-refractivity contribution >= 4 is 17.5 Å². The second kappa shape index (κ2) is 9.47. The molecule has 0 radical (unpaired) electrons. The molecule has 0 spiro atoms. The fourth-order valence-corrected chi connectivity index (χ4v) is 7.42. The average Bonchev–Trinajstić information content (AvgIpc) is 2.66. The van der Waals surface area contributed by atoms with Crippen molar-refractivity contribution in [2.45, 2.75) is 31.7 Å². The van der Waals surface area contributed by atoms with Gasteiger partial charge in [0.25, 0.3) is 17.5 Å². The number of rotatable bonds is 10. The van der Waals surface area contributed by atoms with Gasteiger partial charge in [-0.25, -0.2) is 8.42 Å². The van der Waals surface area contributed by atoms with Crippen LogP contribution >= 0.6 is 7.52 Å². The van der Waals surface area contributed by atoms with E-state index in [1.807, 2.05) is 25.1 Å². The molecule has 0 heterocycles. The summed E-state index contributed by atoms with van der Waals surface area (Å²) in [4.78, 5) is 0.0996. The zero-order valence-electron chi connectivity index (χ0n) is 15.7. The van der Waals surface area contributed by atoms with Crippen molar-refractivity contribution in [1.29, 1.82) is 0 Å². The van der Waals surface area contributed by atoms with Gasteiger partial charge in [0.15, 0.2) is 0 Å². The van der Waals surface area contributed by atoms with E-state index in [4.69, 9.17) is 4.52 Å². The third-order valence-electron chi connectivity index (χ3n) is 4.04. The Balaban J connectivity index is 2.55. The molecular formula is C20H26NO4PS. The van der Waals surface area contributed by atoms with Gasteiger partial charge >= 0.3 is 0 Å². The first kappa shape index (κ1) is 21.6. The summed E-state index contributed by atoms with van der Waals surface area (Å²) in [6, 6.07) is 15.6. The number of aryl methyl sites for hydroxylation is 1. The van der Waals surface area contributed by atoms with Gasteiger partial charge in [-0.05, 0) is 38.0 Å². The third kappa shape index (κ3) is 5.39. The van der Waals surface area contributed by atoms with E-state index in [1.165, 1.54) is 12.1 Å². The zero-order chi connectivity index (χ0) is 19.9. The fraction of sp³-hybridized carbons (Fsp3) is 0.300. The molecule has 27 heavy (non-hydrogen) atoms. The fourth-order valence-electron chi connectivity index (χ4n) is 2.62. The molecular weight excluding hydrogens is 381 g/mol. The SMILES string of the molecule is C=CCCP(=O)(OCC)N(Cc1ccccc1)S(=O)(=O)c1ccc(C)cc1. The highest BCUT2D eigenvalue weighted by Crippen LogP contribution is 2.55. The molecule has 146 valence electrons. The summed E-state index contributed by atoms with van der Waals surface area (Å²) in [5.74, 6) is 0. The molecule has 0 fully saturated rings. The number of allylic oxidation sites excluding steroid dienone is 1. The number of benzene rings is 2. The predicted octanol–water partition coefficient (Wildman–Crippen LogP) is 4.99. The Morgan fingerprint density at radius 2 is 1.74 bits per heavy atom. The summed E-state index contributed by atoms with van der Waals surface area (Å²) in [5, 5.41) is 0. The van der Waals surface area contributed by atoms with Crippen LogP contribution in [0.25, 0.3) is 0 Å². The molecule has 0 aliphatic heterocycles. The van der Waals surface area contributed by atoms with Gasteiger partial charge in [-0.2, -0.15) is 0 Å². The summed E-state index contributed by atoms with van der Waals surface area (Å²) >= 11 is 0. The topological polar surface area (TPSA) is 63.7 Å². The molecule has 0 aliphatic rings. The van der Waals surface area contributed by atoms with Crippen LogP contribution in [0.1, 0.15) is 24.5 Å². The highest BCUT2D eigenvalue weighted by atomic mass is 32.2. The van der Waals surface area contributed by atoms with Crippen LogP contribution in [0.4, 0.5) is 0 Å². The lowest BCUT2D eigenvalue weighted by Gasteiger charge is -2.30. The van der Waals surface area contributed by atoms with Crippen LogP contribution < -0.4 is 0 Å². The van der Waals surface area contributed by atoms with Crippen LogP contribution in [0.3, 0.4) is 0 Å². The molecule has 7 heteroatoms. The van der Waals surface area contributed by atoms with Crippen LogP contribution in [-0.2, 0) is 25.7 Å². The molecule has 0 saturated carbocycles. The molecule has 0 aromatic heterocycles. The molecule has 2 aromatic rings. The summed E-state index contributed by atoms with van der Waals surface area (Å²) in [7, 11) is -7.65. The van der Waals surface area contributed by atoms with E-state index in [2.05, 4.69) is 6.58 Å². The molecule has 0 saturated heterocycles. The largest absolute Gasteiger partial charge is 0.317 e. The molecule has 5 nitrogen and oxygen atoms in total. The van der Waals surface area contributed by atoms with E-state index < -0.39 is 17.5 Å². The van der Waals surface area contributed by atoms with Gasteiger partial charge in [-0.3, -0.25) is 4.57 Å². The standard InChI is InChI=1S/C20H26NO4PS/c1-4-6-16-26(22,25-5-2)21(17-19-10-8-7-9-11-19)27(23,24)20-14-12-18(3)13-15-20/h4,7-15H,1,5-6,16-17H2,2-3H3. The Morgan fingerprint density at radius 3 is 2.30 bits per heavy atom. The molecule has 2 aromatic carbocycles. The van der Waals surface area contributed by atoms with Crippen molar-refractivity contribution in [3.8, 4) is 0 Å². The normalized spacial score (nSPS) is 14.0. The van der Waals surface area contributed by atoms with Gasteiger partial charge in [-0.1, -0.05) is 54.1 Å². The Hall–Kier alpha value is -1.72. The second-order valence-corrected chi connectivity index (χ2v) is 10.7. The summed E-state index contributed by atoms with van der Waals surface area (Å²) in [6.45, 7) is 7.38. The van der Waals surface area contributed by atoms with Crippen LogP contribution in [0.15, 0.2) is 72.1 Å². The lowest BCUT2D eigenvalue weighted by molar-refractivity contribution is 0.301. The molecule has 1 atom stereocenters. The molecule has 2 rings (SSSR count). The molecule has 1 unspecified atom stereocenters. The zero-order valence-corrected chi connectivity index (χ0v) is 17.5. The van der Waals surface area contributed by atoms with E-state index >= 15 is 0 Å². The maximum atomic E-state index is 13.6. The quantitative estimate of drug-likeness (QED) is 0.411. The smallest absolute Gasteiger partial charge is 0.286 e. The minimum Gasteiger partial charge on any atom is -0.317 e. The summed E-state index contributed by atoms with van der Waals surface area (Å²) < 4.78 is 47.0. The minimum absolute atomic E-state index is 0.0224. The Labute approximate surface area is 162 Å². The first-order chi connectivity index (χ1) is 12.8. The monoisotopic (exact) mass is 407 g/mol. The van der Waals surface area contributed by atoms with E-state index in [9.17, 15) is 13.0 Å². The molecule has 0 N–H and O–H groups in total. The number of nitrogens with zero attached hydrogens (tertiary/aromatic N) is 1. The average molecular weight is 407 g/mol. The summed E-state index contributed by atoms with van der Waals surface area (Å²) in [5.41, 5.74) is 1.69. The van der Waals surface area contributed by atoms with Crippen LogP contribution in [-0.4, -0.2) is 25.3 Å². The van der Waals surface area contributed by atoms with Crippen molar-refractivity contribution in [2.24, 2.45) is 0 Å². The minimum atomic E-state index is -4.02. The Morgan fingerprint density at radius 1 is 1.11 bits per heavy atom. The predicted molar refractivity (Wildman–Crippen MR) is 109 cm³/mol. The second-order valence-electron chi connectivity index (χ2n) is 6.14. The van der Waals surface area contributed by atoms with Gasteiger partial charge in [-0.15, -0.1) is 10.7 Å². The van der Waals surface area contributed by atoms with Gasteiger partial charge in [0.2, 0.25) is 0 Å². The molecule has 0 bridgehead atoms. The maximum Gasteiger partial charge on any atom is 0.286 e. The highest BCUT2D eigenvalue weighted by Gasteiger charge is 2.40. The number of hydrogen-bond donors (Lipinski definition) is 0. The third-order valence-corrected chi connectivity index (χ3v) is 9.29. The van der Waals surface area contributed by atoms with Crippen molar-refractivity contribution in [2.75, 3.05) is 12.8 Å².